The Kier molecular flexibility index (Phi) is 4.50. The van der Waals surface area contributed by atoms with Crippen LogP contribution < -0.4 is 5.73 Å². The average molecular weight is 265 g/mol. The number of nitrogens with zero attached hydrogens (tertiary/aromatic N) is 1. The van der Waals surface area contributed by atoms with Gasteiger partial charge in [-0.1, -0.05) is 6.07 Å². The number of benzene rings is 1. The standard InChI is InChI=1S/C14H20FN3O/c1-10-8-18(5-2-6-19-10)9-11-3-4-12(15)7-13(11)14(16)17/h3-4,7,10H,2,5-6,8-9H2,1H3,(H3,16,17). The normalized spacial score (nSPS) is 21.1. The van der Waals surface area contributed by atoms with Crippen molar-refractivity contribution in [2.75, 3.05) is 19.7 Å². The van der Waals surface area contributed by atoms with Gasteiger partial charge in [0, 0.05) is 31.8 Å². The Morgan fingerprint density at radius 1 is 1.58 bits per heavy atom. The lowest BCUT2D eigenvalue weighted by Crippen LogP contribution is -2.30. The molecule has 1 atom stereocenters. The highest BCUT2D eigenvalue weighted by Crippen LogP contribution is 2.15. The number of nitrogen functional groups attached to an aromatic ring is 1. The van der Waals surface area contributed by atoms with Crippen LogP contribution in [0.25, 0.3) is 0 Å². The summed E-state index contributed by atoms with van der Waals surface area (Å²) in [7, 11) is 0. The van der Waals surface area contributed by atoms with Gasteiger partial charge in [-0.3, -0.25) is 10.3 Å². The monoisotopic (exact) mass is 265 g/mol. The minimum Gasteiger partial charge on any atom is -0.384 e. The third-order valence-corrected chi connectivity index (χ3v) is 3.29. The first-order valence-corrected chi connectivity index (χ1v) is 6.53. The Balaban J connectivity index is 2.15. The molecule has 0 amide bonds. The van der Waals surface area contributed by atoms with E-state index >= 15 is 0 Å². The topological polar surface area (TPSA) is 62.3 Å². The summed E-state index contributed by atoms with van der Waals surface area (Å²) in [5, 5.41) is 7.54. The maximum atomic E-state index is 13.2. The van der Waals surface area contributed by atoms with Gasteiger partial charge in [0.2, 0.25) is 0 Å². The first-order chi connectivity index (χ1) is 9.06. The molecule has 0 aliphatic carbocycles. The van der Waals surface area contributed by atoms with Crippen molar-refractivity contribution in [3.63, 3.8) is 0 Å². The van der Waals surface area contributed by atoms with E-state index < -0.39 is 0 Å². The second-order valence-electron chi connectivity index (χ2n) is 4.99. The first-order valence-electron chi connectivity index (χ1n) is 6.53. The van der Waals surface area contributed by atoms with Gasteiger partial charge in [-0.2, -0.15) is 0 Å². The molecule has 1 fully saturated rings. The van der Waals surface area contributed by atoms with E-state index in [1.807, 2.05) is 0 Å². The molecule has 4 nitrogen and oxygen atoms in total. The fourth-order valence-corrected chi connectivity index (χ4v) is 2.40. The zero-order chi connectivity index (χ0) is 13.8. The molecule has 0 aromatic heterocycles. The number of rotatable bonds is 3. The van der Waals surface area contributed by atoms with Crippen molar-refractivity contribution >= 4 is 5.84 Å². The Labute approximate surface area is 112 Å². The van der Waals surface area contributed by atoms with Crippen LogP contribution >= 0.6 is 0 Å². The van der Waals surface area contributed by atoms with Crippen LogP contribution in [0.4, 0.5) is 4.39 Å². The van der Waals surface area contributed by atoms with Crippen LogP contribution in [-0.4, -0.2) is 36.5 Å². The number of amidine groups is 1. The lowest BCUT2D eigenvalue weighted by atomic mass is 10.1. The predicted octanol–water partition coefficient (Wildman–Crippen LogP) is 1.72. The van der Waals surface area contributed by atoms with Crippen molar-refractivity contribution in [1.82, 2.24) is 4.90 Å². The van der Waals surface area contributed by atoms with E-state index in [2.05, 4.69) is 11.8 Å². The Morgan fingerprint density at radius 3 is 3.11 bits per heavy atom. The average Bonchev–Trinajstić information content (AvgIpc) is 2.55. The number of nitrogens with one attached hydrogen (secondary N) is 1. The molecule has 19 heavy (non-hydrogen) atoms. The number of hydrogen-bond donors (Lipinski definition) is 2. The van der Waals surface area contributed by atoms with Gasteiger partial charge in [-0.05, 0) is 31.0 Å². The quantitative estimate of drug-likeness (QED) is 0.646. The molecule has 0 bridgehead atoms. The Morgan fingerprint density at radius 2 is 2.37 bits per heavy atom. The minimum absolute atomic E-state index is 0.0892. The van der Waals surface area contributed by atoms with Crippen LogP contribution in [0, 0.1) is 11.2 Å². The second-order valence-corrected chi connectivity index (χ2v) is 4.99. The van der Waals surface area contributed by atoms with Gasteiger partial charge in [0.15, 0.2) is 0 Å². The maximum absolute atomic E-state index is 13.2. The molecule has 0 spiro atoms. The summed E-state index contributed by atoms with van der Waals surface area (Å²) in [6, 6.07) is 4.46. The lowest BCUT2D eigenvalue weighted by Gasteiger charge is -2.23. The Hall–Kier alpha value is -1.46. The molecule has 0 saturated carbocycles. The van der Waals surface area contributed by atoms with E-state index in [1.165, 1.54) is 12.1 Å². The van der Waals surface area contributed by atoms with Crippen LogP contribution in [0.2, 0.25) is 0 Å². The number of ether oxygens (including phenoxy) is 1. The molecule has 3 N–H and O–H groups in total. The van der Waals surface area contributed by atoms with Gasteiger partial charge in [0.1, 0.15) is 11.7 Å². The highest BCUT2D eigenvalue weighted by molar-refractivity contribution is 5.96. The van der Waals surface area contributed by atoms with Crippen LogP contribution in [0.1, 0.15) is 24.5 Å². The van der Waals surface area contributed by atoms with Gasteiger partial charge in [0.25, 0.3) is 0 Å². The number of hydrogen-bond acceptors (Lipinski definition) is 3. The van der Waals surface area contributed by atoms with E-state index in [1.54, 1.807) is 6.07 Å². The molecule has 0 radical (unpaired) electrons. The second kappa shape index (κ2) is 6.12. The number of halogens is 1. The predicted molar refractivity (Wildman–Crippen MR) is 72.7 cm³/mol. The molecule has 1 aromatic carbocycles. The highest BCUT2D eigenvalue weighted by atomic mass is 19.1. The molecule has 1 aliphatic rings. The van der Waals surface area contributed by atoms with Gasteiger partial charge in [-0.15, -0.1) is 0 Å². The molecule has 1 saturated heterocycles. The van der Waals surface area contributed by atoms with Crippen LogP contribution in [0.15, 0.2) is 18.2 Å². The summed E-state index contributed by atoms with van der Waals surface area (Å²) in [6.45, 7) is 5.28. The van der Waals surface area contributed by atoms with Gasteiger partial charge >= 0.3 is 0 Å². The maximum Gasteiger partial charge on any atom is 0.123 e. The van der Waals surface area contributed by atoms with E-state index in [0.717, 1.165) is 31.7 Å². The van der Waals surface area contributed by atoms with Crippen LogP contribution in [0.5, 0.6) is 0 Å². The van der Waals surface area contributed by atoms with E-state index in [0.29, 0.717) is 12.1 Å². The van der Waals surface area contributed by atoms with Crippen LogP contribution in [-0.2, 0) is 11.3 Å². The molecule has 1 aliphatic heterocycles. The zero-order valence-corrected chi connectivity index (χ0v) is 11.2. The van der Waals surface area contributed by atoms with Crippen molar-refractivity contribution in [1.29, 1.82) is 5.41 Å². The summed E-state index contributed by atoms with van der Waals surface area (Å²) in [5.74, 6) is -0.449. The highest BCUT2D eigenvalue weighted by Gasteiger charge is 2.17. The fourth-order valence-electron chi connectivity index (χ4n) is 2.40. The molecule has 2 rings (SSSR count). The van der Waals surface area contributed by atoms with Crippen molar-refractivity contribution in [2.45, 2.75) is 26.0 Å². The fraction of sp³-hybridized carbons (Fsp3) is 0.500. The largest absolute Gasteiger partial charge is 0.384 e. The minimum atomic E-state index is -0.360. The third-order valence-electron chi connectivity index (χ3n) is 3.29. The van der Waals surface area contributed by atoms with E-state index in [4.69, 9.17) is 15.9 Å². The Bertz CT molecular complexity index is 464. The summed E-state index contributed by atoms with van der Waals surface area (Å²) in [5.41, 5.74) is 6.90. The van der Waals surface area contributed by atoms with Crippen LogP contribution in [0.3, 0.4) is 0 Å². The lowest BCUT2D eigenvalue weighted by molar-refractivity contribution is 0.0668. The molecule has 5 heteroatoms. The van der Waals surface area contributed by atoms with Crippen molar-refractivity contribution < 1.29 is 9.13 Å². The van der Waals surface area contributed by atoms with E-state index in [-0.39, 0.29) is 17.8 Å². The third kappa shape index (κ3) is 3.75. The molecule has 1 heterocycles. The van der Waals surface area contributed by atoms with Gasteiger partial charge in [0.05, 0.1) is 6.10 Å². The zero-order valence-electron chi connectivity index (χ0n) is 11.2. The summed E-state index contributed by atoms with van der Waals surface area (Å²) >= 11 is 0. The van der Waals surface area contributed by atoms with Crippen molar-refractivity contribution in [2.24, 2.45) is 5.73 Å². The first kappa shape index (κ1) is 14.0. The van der Waals surface area contributed by atoms with Crippen molar-refractivity contribution in [3.8, 4) is 0 Å². The summed E-state index contributed by atoms with van der Waals surface area (Å²) < 4.78 is 18.8. The molecular weight excluding hydrogens is 245 g/mol. The smallest absolute Gasteiger partial charge is 0.123 e. The SMILES string of the molecule is CC1CN(Cc2ccc(F)cc2C(=N)N)CCCO1. The molecular formula is C14H20FN3O. The molecule has 104 valence electrons. The number of nitrogens with two attached hydrogens (primary N) is 1. The van der Waals surface area contributed by atoms with Gasteiger partial charge < -0.3 is 10.5 Å². The van der Waals surface area contributed by atoms with Crippen molar-refractivity contribution in [3.05, 3.63) is 35.1 Å². The molecule has 1 aromatic rings. The summed E-state index contributed by atoms with van der Waals surface area (Å²) in [4.78, 5) is 2.26. The van der Waals surface area contributed by atoms with E-state index in [9.17, 15) is 4.39 Å². The molecule has 1 unspecified atom stereocenters. The summed E-state index contributed by atoms with van der Waals surface area (Å²) in [6.07, 6.45) is 1.18. The van der Waals surface area contributed by atoms with Gasteiger partial charge in [-0.25, -0.2) is 4.39 Å².